The van der Waals surface area contributed by atoms with Gasteiger partial charge in [0.25, 0.3) is 5.69 Å². The van der Waals surface area contributed by atoms with Gasteiger partial charge in [0.15, 0.2) is 0 Å². The van der Waals surface area contributed by atoms with Crippen LogP contribution in [0.5, 0.6) is 0 Å². The summed E-state index contributed by atoms with van der Waals surface area (Å²) in [6.45, 7) is 3.20. The van der Waals surface area contributed by atoms with E-state index in [1.807, 2.05) is 0 Å². The zero-order valence-electron chi connectivity index (χ0n) is 13.4. The second-order valence-corrected chi connectivity index (χ2v) is 7.43. The predicted molar refractivity (Wildman–Crippen MR) is 87.6 cm³/mol. The molecule has 0 aliphatic rings. The Balaban J connectivity index is 2.42. The number of nitro groups is 1. The van der Waals surface area contributed by atoms with Crippen LogP contribution in [0.4, 0.5) is 10.1 Å². The van der Waals surface area contributed by atoms with E-state index in [1.165, 1.54) is 37.4 Å². The highest BCUT2D eigenvalue weighted by Gasteiger charge is 2.28. The van der Waals surface area contributed by atoms with Crippen LogP contribution in [0.25, 0.3) is 0 Å². The molecule has 1 atom stereocenters. The van der Waals surface area contributed by atoms with Gasteiger partial charge in [-0.15, -0.1) is 0 Å². The molecule has 1 unspecified atom stereocenters. The zero-order valence-corrected chi connectivity index (χ0v) is 14.2. The Labute approximate surface area is 139 Å². The first kappa shape index (κ1) is 18.0. The molecule has 6 nitrogen and oxygen atoms in total. The van der Waals surface area contributed by atoms with Gasteiger partial charge in [-0.25, -0.2) is 12.8 Å². The van der Waals surface area contributed by atoms with Gasteiger partial charge in [-0.1, -0.05) is 18.2 Å². The Morgan fingerprint density at radius 2 is 1.88 bits per heavy atom. The molecule has 0 amide bonds. The molecule has 0 bridgehead atoms. The fraction of sp³-hybridized carbons (Fsp3) is 0.250. The predicted octanol–water partition coefficient (Wildman–Crippen LogP) is 3.42. The number of nitro benzene ring substituents is 1. The number of nitrogens with zero attached hydrogens (tertiary/aromatic N) is 2. The van der Waals surface area contributed by atoms with Crippen LogP contribution >= 0.6 is 0 Å². The van der Waals surface area contributed by atoms with E-state index in [0.29, 0.717) is 11.1 Å². The lowest BCUT2D eigenvalue weighted by Gasteiger charge is -2.25. The quantitative estimate of drug-likeness (QED) is 0.610. The number of hydrogen-bond acceptors (Lipinski definition) is 4. The number of halogens is 1. The summed E-state index contributed by atoms with van der Waals surface area (Å²) in [6, 6.07) is 8.68. The van der Waals surface area contributed by atoms with Gasteiger partial charge < -0.3 is 0 Å². The third-order valence-electron chi connectivity index (χ3n) is 3.92. The molecule has 0 spiro atoms. The topological polar surface area (TPSA) is 80.5 Å². The molecule has 0 heterocycles. The lowest BCUT2D eigenvalue weighted by atomic mass is 10.1. The summed E-state index contributed by atoms with van der Waals surface area (Å²) in [5.74, 6) is -0.643. The minimum atomic E-state index is -3.95. The third kappa shape index (κ3) is 3.44. The normalized spacial score (nSPS) is 13.0. The van der Waals surface area contributed by atoms with Gasteiger partial charge in [0.1, 0.15) is 5.82 Å². The van der Waals surface area contributed by atoms with Gasteiger partial charge in [0, 0.05) is 25.2 Å². The minimum absolute atomic E-state index is 0.118. The number of non-ortho nitro benzene ring substituents is 1. The van der Waals surface area contributed by atoms with E-state index in [2.05, 4.69) is 0 Å². The first-order valence-corrected chi connectivity index (χ1v) is 8.57. The van der Waals surface area contributed by atoms with Crippen molar-refractivity contribution in [3.8, 4) is 0 Å². The van der Waals surface area contributed by atoms with Gasteiger partial charge in [-0.05, 0) is 37.1 Å². The van der Waals surface area contributed by atoms with Crippen LogP contribution in [-0.4, -0.2) is 24.7 Å². The van der Waals surface area contributed by atoms with E-state index in [-0.39, 0.29) is 10.6 Å². The van der Waals surface area contributed by atoms with E-state index in [1.54, 1.807) is 19.9 Å². The van der Waals surface area contributed by atoms with E-state index in [4.69, 9.17) is 0 Å². The van der Waals surface area contributed by atoms with Crippen molar-refractivity contribution in [2.24, 2.45) is 0 Å². The first-order chi connectivity index (χ1) is 11.1. The van der Waals surface area contributed by atoms with Crippen molar-refractivity contribution in [1.29, 1.82) is 0 Å². The number of rotatable bonds is 5. The van der Waals surface area contributed by atoms with E-state index < -0.39 is 26.8 Å². The molecule has 0 N–H and O–H groups in total. The lowest BCUT2D eigenvalue weighted by molar-refractivity contribution is -0.384. The van der Waals surface area contributed by atoms with Gasteiger partial charge in [0.05, 0.1) is 9.82 Å². The van der Waals surface area contributed by atoms with Crippen molar-refractivity contribution in [2.45, 2.75) is 24.8 Å². The van der Waals surface area contributed by atoms with Crippen molar-refractivity contribution >= 4 is 15.7 Å². The van der Waals surface area contributed by atoms with Crippen LogP contribution in [0.2, 0.25) is 0 Å². The Hall–Kier alpha value is -2.32. The molecule has 0 saturated carbocycles. The molecule has 0 fully saturated rings. The van der Waals surface area contributed by atoms with E-state index >= 15 is 0 Å². The fourth-order valence-corrected chi connectivity index (χ4v) is 3.91. The monoisotopic (exact) mass is 352 g/mol. The van der Waals surface area contributed by atoms with Crippen molar-refractivity contribution in [3.05, 3.63) is 69.5 Å². The van der Waals surface area contributed by atoms with Crippen molar-refractivity contribution in [2.75, 3.05) is 7.05 Å². The largest absolute Gasteiger partial charge is 0.269 e. The van der Waals surface area contributed by atoms with E-state index in [0.717, 1.165) is 10.4 Å². The van der Waals surface area contributed by atoms with Crippen molar-refractivity contribution in [1.82, 2.24) is 4.31 Å². The highest BCUT2D eigenvalue weighted by Crippen LogP contribution is 2.29. The summed E-state index contributed by atoms with van der Waals surface area (Å²) >= 11 is 0. The molecular formula is C16H17FN2O4S. The summed E-state index contributed by atoms with van der Waals surface area (Å²) in [6.07, 6.45) is 0. The maximum Gasteiger partial charge on any atom is 0.269 e. The molecule has 0 aliphatic heterocycles. The molecule has 128 valence electrons. The van der Waals surface area contributed by atoms with Gasteiger partial charge in [-0.3, -0.25) is 10.1 Å². The molecule has 2 rings (SSSR count). The van der Waals surface area contributed by atoms with Crippen LogP contribution in [-0.2, 0) is 10.0 Å². The maximum absolute atomic E-state index is 13.4. The average molecular weight is 352 g/mol. The Bertz CT molecular complexity index is 883. The Morgan fingerprint density at radius 1 is 1.21 bits per heavy atom. The third-order valence-corrected chi connectivity index (χ3v) is 5.99. The molecule has 8 heteroatoms. The maximum atomic E-state index is 13.4. The van der Waals surface area contributed by atoms with Gasteiger partial charge in [0.2, 0.25) is 10.0 Å². The van der Waals surface area contributed by atoms with Crippen molar-refractivity contribution in [3.63, 3.8) is 0 Å². The summed E-state index contributed by atoms with van der Waals surface area (Å²) in [5.41, 5.74) is 0.783. The molecule has 0 radical (unpaired) electrons. The molecular weight excluding hydrogens is 335 g/mol. The molecule has 2 aromatic carbocycles. The number of benzene rings is 2. The van der Waals surface area contributed by atoms with Crippen LogP contribution in [0, 0.1) is 22.9 Å². The number of hydrogen-bond donors (Lipinski definition) is 0. The fourth-order valence-electron chi connectivity index (χ4n) is 2.32. The molecule has 24 heavy (non-hydrogen) atoms. The lowest BCUT2D eigenvalue weighted by Crippen LogP contribution is -2.30. The summed E-state index contributed by atoms with van der Waals surface area (Å²) in [5, 5.41) is 10.9. The molecule has 0 aliphatic carbocycles. The average Bonchev–Trinajstić information content (AvgIpc) is 2.55. The van der Waals surface area contributed by atoms with Gasteiger partial charge in [-0.2, -0.15) is 4.31 Å². The van der Waals surface area contributed by atoms with E-state index in [9.17, 15) is 22.9 Å². The molecule has 0 saturated heterocycles. The summed E-state index contributed by atoms with van der Waals surface area (Å²) in [4.78, 5) is 10.2. The number of sulfonamides is 1. The van der Waals surface area contributed by atoms with Crippen LogP contribution in [0.15, 0.2) is 47.4 Å². The molecule has 2 aromatic rings. The summed E-state index contributed by atoms with van der Waals surface area (Å²) < 4.78 is 40.1. The number of aryl methyl sites for hydroxylation is 1. The standard InChI is InChI=1S/C16H17FN2O4S/c1-11-7-8-14(17)10-16(11)24(22,23)18(3)12(2)13-5-4-6-15(9-13)19(20)21/h4-10,12H,1-3H3. The highest BCUT2D eigenvalue weighted by molar-refractivity contribution is 7.89. The first-order valence-electron chi connectivity index (χ1n) is 7.13. The zero-order chi connectivity index (χ0) is 18.1. The summed E-state index contributed by atoms with van der Waals surface area (Å²) in [7, 11) is -2.58. The Morgan fingerprint density at radius 3 is 2.50 bits per heavy atom. The highest BCUT2D eigenvalue weighted by atomic mass is 32.2. The van der Waals surface area contributed by atoms with Crippen LogP contribution in [0.3, 0.4) is 0 Å². The molecule has 0 aromatic heterocycles. The smallest absolute Gasteiger partial charge is 0.258 e. The van der Waals surface area contributed by atoms with Gasteiger partial charge >= 0.3 is 0 Å². The van der Waals surface area contributed by atoms with Crippen molar-refractivity contribution < 1.29 is 17.7 Å². The van der Waals surface area contributed by atoms with Crippen LogP contribution < -0.4 is 0 Å². The SMILES string of the molecule is Cc1ccc(F)cc1S(=O)(=O)N(C)C(C)c1cccc([N+](=O)[O-])c1. The second kappa shape index (κ2) is 6.66. The second-order valence-electron chi connectivity index (χ2n) is 5.46. The Kier molecular flexibility index (Phi) is 5.00. The minimum Gasteiger partial charge on any atom is -0.258 e. The van der Waals surface area contributed by atoms with Crippen LogP contribution in [0.1, 0.15) is 24.1 Å².